The summed E-state index contributed by atoms with van der Waals surface area (Å²) in [7, 11) is 0. The third-order valence-corrected chi connectivity index (χ3v) is 4.08. The summed E-state index contributed by atoms with van der Waals surface area (Å²) in [5.41, 5.74) is 1.11. The molecule has 1 N–H and O–H groups in total. The second kappa shape index (κ2) is 9.48. The molecule has 20 heavy (non-hydrogen) atoms. The first-order chi connectivity index (χ1) is 9.62. The van der Waals surface area contributed by atoms with Gasteiger partial charge in [0.05, 0.1) is 6.10 Å². The van der Waals surface area contributed by atoms with Gasteiger partial charge in [-0.05, 0) is 50.4 Å². The van der Waals surface area contributed by atoms with E-state index in [2.05, 4.69) is 35.1 Å². The van der Waals surface area contributed by atoms with E-state index >= 15 is 0 Å². The van der Waals surface area contributed by atoms with Crippen LogP contribution in [0.3, 0.4) is 0 Å². The lowest BCUT2D eigenvalue weighted by Crippen LogP contribution is -2.43. The molecular formula is C16H25BrFNO. The van der Waals surface area contributed by atoms with Gasteiger partial charge in [-0.3, -0.25) is 0 Å². The van der Waals surface area contributed by atoms with Crippen molar-refractivity contribution in [2.24, 2.45) is 0 Å². The first kappa shape index (κ1) is 17.6. The normalized spacial score (nSPS) is 14.2. The third kappa shape index (κ3) is 5.51. The molecule has 2 nitrogen and oxygen atoms in total. The summed E-state index contributed by atoms with van der Waals surface area (Å²) in [5.74, 6) is -0.212. The van der Waals surface area contributed by atoms with Crippen LogP contribution in [0.2, 0.25) is 0 Å². The van der Waals surface area contributed by atoms with E-state index in [1.54, 1.807) is 0 Å². The van der Waals surface area contributed by atoms with Crippen molar-refractivity contribution in [2.75, 3.05) is 13.2 Å². The Hall–Kier alpha value is -0.450. The molecule has 4 heteroatoms. The van der Waals surface area contributed by atoms with Gasteiger partial charge in [0.25, 0.3) is 0 Å². The molecule has 0 aliphatic heterocycles. The molecule has 0 spiro atoms. The monoisotopic (exact) mass is 345 g/mol. The van der Waals surface area contributed by atoms with Gasteiger partial charge in [0.15, 0.2) is 0 Å². The van der Waals surface area contributed by atoms with Crippen LogP contribution in [0.15, 0.2) is 22.7 Å². The van der Waals surface area contributed by atoms with E-state index in [-0.39, 0.29) is 18.0 Å². The predicted octanol–water partition coefficient (Wildman–Crippen LogP) is 4.31. The van der Waals surface area contributed by atoms with Crippen LogP contribution in [-0.4, -0.2) is 25.3 Å². The lowest BCUT2D eigenvalue weighted by Gasteiger charge is -2.27. The number of hydrogen-bond donors (Lipinski definition) is 1. The Morgan fingerprint density at radius 2 is 2.05 bits per heavy atom. The van der Waals surface area contributed by atoms with E-state index < -0.39 is 0 Å². The minimum absolute atomic E-state index is 0.184. The number of rotatable bonds is 9. The molecule has 2 atom stereocenters. The Kier molecular flexibility index (Phi) is 8.34. The van der Waals surface area contributed by atoms with Crippen LogP contribution in [0.5, 0.6) is 0 Å². The number of halogens is 2. The number of ether oxygens (including phenoxy) is 1. The zero-order valence-corrected chi connectivity index (χ0v) is 14.2. The molecule has 0 saturated heterocycles. The molecule has 2 unspecified atom stereocenters. The molecule has 1 aromatic carbocycles. The fraction of sp³-hybridized carbons (Fsp3) is 0.625. The highest BCUT2D eigenvalue weighted by atomic mass is 79.9. The van der Waals surface area contributed by atoms with Gasteiger partial charge in [-0.2, -0.15) is 0 Å². The second-order valence-electron chi connectivity index (χ2n) is 4.90. The lowest BCUT2D eigenvalue weighted by molar-refractivity contribution is 0.0319. The first-order valence-corrected chi connectivity index (χ1v) is 8.20. The minimum atomic E-state index is -0.212. The fourth-order valence-corrected chi connectivity index (χ4v) is 2.83. The van der Waals surface area contributed by atoms with E-state index in [0.717, 1.165) is 35.8 Å². The molecule has 1 aromatic rings. The highest BCUT2D eigenvalue weighted by Crippen LogP contribution is 2.21. The van der Waals surface area contributed by atoms with Gasteiger partial charge in [0, 0.05) is 17.1 Å². The summed E-state index contributed by atoms with van der Waals surface area (Å²) in [6.45, 7) is 7.99. The van der Waals surface area contributed by atoms with Gasteiger partial charge < -0.3 is 10.1 Å². The predicted molar refractivity (Wildman–Crippen MR) is 85.6 cm³/mol. The zero-order valence-electron chi connectivity index (χ0n) is 12.6. The molecule has 0 fully saturated rings. The number of benzene rings is 1. The molecule has 1 rings (SSSR count). The fourth-order valence-electron chi connectivity index (χ4n) is 2.32. The van der Waals surface area contributed by atoms with Crippen molar-refractivity contribution < 1.29 is 9.13 Å². The van der Waals surface area contributed by atoms with E-state index in [0.29, 0.717) is 6.61 Å². The van der Waals surface area contributed by atoms with Crippen LogP contribution in [0.4, 0.5) is 4.39 Å². The first-order valence-electron chi connectivity index (χ1n) is 7.41. The molecule has 114 valence electrons. The van der Waals surface area contributed by atoms with Gasteiger partial charge in [-0.15, -0.1) is 0 Å². The van der Waals surface area contributed by atoms with Gasteiger partial charge in [0.1, 0.15) is 5.82 Å². The Morgan fingerprint density at radius 1 is 1.30 bits per heavy atom. The van der Waals surface area contributed by atoms with E-state index in [9.17, 15) is 4.39 Å². The maximum atomic E-state index is 13.2. The van der Waals surface area contributed by atoms with E-state index in [4.69, 9.17) is 4.74 Å². The summed E-state index contributed by atoms with van der Waals surface area (Å²) >= 11 is 3.45. The number of hydrogen-bond acceptors (Lipinski definition) is 2. The minimum Gasteiger partial charge on any atom is -0.377 e. The van der Waals surface area contributed by atoms with Crippen molar-refractivity contribution in [1.29, 1.82) is 0 Å². The molecule has 0 amide bonds. The van der Waals surface area contributed by atoms with E-state index in [1.807, 2.05) is 13.0 Å². The molecule has 0 aliphatic rings. The Labute approximate surface area is 130 Å². The standard InChI is InChI=1S/C16H25BrFNO/c1-4-9-19-15(16(5-2)20-6-3)10-12-7-8-13(18)11-14(12)17/h7-8,11,15-16,19H,4-6,9-10H2,1-3H3. The van der Waals surface area contributed by atoms with Crippen molar-refractivity contribution in [2.45, 2.75) is 52.2 Å². The highest BCUT2D eigenvalue weighted by molar-refractivity contribution is 9.10. The van der Waals surface area contributed by atoms with Crippen molar-refractivity contribution >= 4 is 15.9 Å². The quantitative estimate of drug-likeness (QED) is 0.719. The van der Waals surface area contributed by atoms with Crippen LogP contribution in [0.25, 0.3) is 0 Å². The van der Waals surface area contributed by atoms with Gasteiger partial charge in [-0.1, -0.05) is 35.8 Å². The Balaban J connectivity index is 2.81. The smallest absolute Gasteiger partial charge is 0.124 e. The molecule has 0 aromatic heterocycles. The van der Waals surface area contributed by atoms with Crippen LogP contribution in [-0.2, 0) is 11.2 Å². The van der Waals surface area contributed by atoms with Crippen molar-refractivity contribution in [3.63, 3.8) is 0 Å². The second-order valence-corrected chi connectivity index (χ2v) is 5.76. The molecular weight excluding hydrogens is 321 g/mol. The summed E-state index contributed by atoms with van der Waals surface area (Å²) in [4.78, 5) is 0. The molecule has 0 heterocycles. The van der Waals surface area contributed by atoms with Crippen molar-refractivity contribution in [3.8, 4) is 0 Å². The molecule has 0 radical (unpaired) electrons. The van der Waals surface area contributed by atoms with Crippen LogP contribution < -0.4 is 5.32 Å². The average Bonchev–Trinajstić information content (AvgIpc) is 2.43. The molecule has 0 bridgehead atoms. The third-order valence-electron chi connectivity index (χ3n) is 3.34. The van der Waals surface area contributed by atoms with Gasteiger partial charge in [0.2, 0.25) is 0 Å². The zero-order chi connectivity index (χ0) is 15.0. The van der Waals surface area contributed by atoms with Crippen molar-refractivity contribution in [1.82, 2.24) is 5.32 Å². The SMILES string of the molecule is CCCNC(Cc1ccc(F)cc1Br)C(CC)OCC. The maximum absolute atomic E-state index is 13.2. The summed E-state index contributed by atoms with van der Waals surface area (Å²) in [5, 5.41) is 3.56. The summed E-state index contributed by atoms with van der Waals surface area (Å²) < 4.78 is 19.8. The Morgan fingerprint density at radius 3 is 2.60 bits per heavy atom. The topological polar surface area (TPSA) is 21.3 Å². The lowest BCUT2D eigenvalue weighted by atomic mass is 9.99. The van der Waals surface area contributed by atoms with Crippen LogP contribution in [0.1, 0.15) is 39.2 Å². The summed E-state index contributed by atoms with van der Waals surface area (Å²) in [6, 6.07) is 5.13. The molecule has 0 saturated carbocycles. The van der Waals surface area contributed by atoms with E-state index in [1.165, 1.54) is 12.1 Å². The van der Waals surface area contributed by atoms with Gasteiger partial charge in [-0.25, -0.2) is 4.39 Å². The van der Waals surface area contributed by atoms with Crippen LogP contribution >= 0.6 is 15.9 Å². The van der Waals surface area contributed by atoms with Crippen LogP contribution in [0, 0.1) is 5.82 Å². The Bertz CT molecular complexity index is 400. The number of nitrogens with one attached hydrogen (secondary N) is 1. The summed E-state index contributed by atoms with van der Waals surface area (Å²) in [6.07, 6.45) is 3.07. The average molecular weight is 346 g/mol. The maximum Gasteiger partial charge on any atom is 0.124 e. The molecule has 0 aliphatic carbocycles. The highest BCUT2D eigenvalue weighted by Gasteiger charge is 2.21. The largest absolute Gasteiger partial charge is 0.377 e. The van der Waals surface area contributed by atoms with Gasteiger partial charge >= 0.3 is 0 Å². The van der Waals surface area contributed by atoms with Crippen molar-refractivity contribution in [3.05, 3.63) is 34.1 Å².